The predicted molar refractivity (Wildman–Crippen MR) is 44.5 cm³/mol. The number of halogens is 3. The zero-order valence-corrected chi connectivity index (χ0v) is 7.89. The number of hydrazone groups is 1. The van der Waals surface area contributed by atoms with Gasteiger partial charge in [-0.3, -0.25) is 5.01 Å². The number of hydrogen-bond donors (Lipinski definition) is 0. The summed E-state index contributed by atoms with van der Waals surface area (Å²) in [4.78, 5) is 0. The molecular formula is C8H13F3N2. The number of alkyl halides is 3. The van der Waals surface area contributed by atoms with Gasteiger partial charge in [-0.25, -0.2) is 0 Å². The molecule has 0 spiro atoms. The van der Waals surface area contributed by atoms with Crippen LogP contribution in [0.15, 0.2) is 5.10 Å². The molecule has 0 radical (unpaired) electrons. The molecule has 0 bridgehead atoms. The molecule has 1 rings (SSSR count). The van der Waals surface area contributed by atoms with E-state index < -0.39 is 11.9 Å². The van der Waals surface area contributed by atoms with Crippen LogP contribution >= 0.6 is 0 Å². The van der Waals surface area contributed by atoms with Gasteiger partial charge in [0.25, 0.3) is 0 Å². The van der Waals surface area contributed by atoms with Gasteiger partial charge in [0.1, 0.15) is 5.71 Å². The maximum atomic E-state index is 12.2. The Kier molecular flexibility index (Phi) is 2.54. The lowest BCUT2D eigenvalue weighted by Gasteiger charge is -2.21. The summed E-state index contributed by atoms with van der Waals surface area (Å²) in [5.41, 5.74) is -0.659. The van der Waals surface area contributed by atoms with E-state index >= 15 is 0 Å². The molecule has 1 aliphatic heterocycles. The molecule has 1 aliphatic rings. The van der Waals surface area contributed by atoms with Crippen LogP contribution in [-0.2, 0) is 0 Å². The Morgan fingerprint density at radius 1 is 1.46 bits per heavy atom. The van der Waals surface area contributed by atoms with Crippen LogP contribution in [0.3, 0.4) is 0 Å². The predicted octanol–water partition coefficient (Wildman–Crippen LogP) is 2.26. The van der Waals surface area contributed by atoms with Gasteiger partial charge in [-0.1, -0.05) is 13.8 Å². The highest BCUT2D eigenvalue weighted by Gasteiger charge is 2.42. The average Bonchev–Trinajstić information content (AvgIpc) is 2.29. The lowest BCUT2D eigenvalue weighted by Crippen LogP contribution is -2.29. The van der Waals surface area contributed by atoms with Gasteiger partial charge in [-0.2, -0.15) is 18.3 Å². The Labute approximate surface area is 75.4 Å². The minimum atomic E-state index is -4.27. The zero-order chi connectivity index (χ0) is 10.2. The first-order valence-corrected chi connectivity index (χ1v) is 4.20. The monoisotopic (exact) mass is 194 g/mol. The highest BCUT2D eigenvalue weighted by Crippen LogP contribution is 2.29. The van der Waals surface area contributed by atoms with Crippen molar-refractivity contribution >= 4 is 5.71 Å². The van der Waals surface area contributed by atoms with Gasteiger partial charge >= 0.3 is 6.18 Å². The summed E-state index contributed by atoms with van der Waals surface area (Å²) in [7, 11) is 1.59. The molecular weight excluding hydrogens is 181 g/mol. The van der Waals surface area contributed by atoms with E-state index in [1.807, 2.05) is 13.8 Å². The van der Waals surface area contributed by atoms with Crippen molar-refractivity contribution in [3.63, 3.8) is 0 Å². The first kappa shape index (κ1) is 10.3. The molecule has 1 atom stereocenters. The van der Waals surface area contributed by atoms with E-state index in [0.29, 0.717) is 0 Å². The Morgan fingerprint density at radius 3 is 2.23 bits per heavy atom. The highest BCUT2D eigenvalue weighted by atomic mass is 19.4. The molecule has 0 N–H and O–H groups in total. The minimum absolute atomic E-state index is 0.0116. The third-order valence-electron chi connectivity index (χ3n) is 2.26. The van der Waals surface area contributed by atoms with Crippen molar-refractivity contribution in [2.45, 2.75) is 32.5 Å². The summed E-state index contributed by atoms with van der Waals surface area (Å²) < 4.78 is 36.6. The molecule has 76 valence electrons. The van der Waals surface area contributed by atoms with Crippen LogP contribution in [0.4, 0.5) is 13.2 Å². The van der Waals surface area contributed by atoms with Crippen LogP contribution in [0.1, 0.15) is 20.3 Å². The van der Waals surface area contributed by atoms with E-state index in [-0.39, 0.29) is 18.4 Å². The summed E-state index contributed by atoms with van der Waals surface area (Å²) in [6, 6.07) is -0.114. The quantitative estimate of drug-likeness (QED) is 0.625. The van der Waals surface area contributed by atoms with Crippen LogP contribution in [-0.4, -0.2) is 30.0 Å². The van der Waals surface area contributed by atoms with Crippen LogP contribution in [0, 0.1) is 5.92 Å². The topological polar surface area (TPSA) is 15.6 Å². The van der Waals surface area contributed by atoms with E-state index in [0.717, 1.165) is 0 Å². The Hall–Kier alpha value is -0.740. The first-order valence-electron chi connectivity index (χ1n) is 4.20. The molecule has 1 heterocycles. The fourth-order valence-corrected chi connectivity index (χ4v) is 1.48. The standard InChI is InChI=1S/C8H13F3N2/c1-5(2)6-4-7(8(9,10)11)12-13(6)3/h5-6H,4H2,1-3H3. The summed E-state index contributed by atoms with van der Waals surface area (Å²) in [5, 5.41) is 4.90. The van der Waals surface area contributed by atoms with E-state index in [1.54, 1.807) is 7.05 Å². The van der Waals surface area contributed by atoms with Crippen LogP contribution in [0.5, 0.6) is 0 Å². The smallest absolute Gasteiger partial charge is 0.296 e. The summed E-state index contributed by atoms with van der Waals surface area (Å²) in [6.45, 7) is 3.80. The van der Waals surface area contributed by atoms with E-state index in [9.17, 15) is 13.2 Å². The molecule has 0 amide bonds. The van der Waals surface area contributed by atoms with Gasteiger partial charge in [0.05, 0.1) is 6.04 Å². The summed E-state index contributed by atoms with van der Waals surface area (Å²) in [6.07, 6.45) is -4.25. The fourth-order valence-electron chi connectivity index (χ4n) is 1.48. The molecule has 13 heavy (non-hydrogen) atoms. The van der Waals surface area contributed by atoms with Gasteiger partial charge in [0.2, 0.25) is 0 Å². The van der Waals surface area contributed by atoms with Crippen molar-refractivity contribution in [2.75, 3.05) is 7.05 Å². The lowest BCUT2D eigenvalue weighted by atomic mass is 9.99. The molecule has 0 fully saturated rings. The minimum Gasteiger partial charge on any atom is -0.296 e. The Morgan fingerprint density at radius 2 is 2.00 bits per heavy atom. The van der Waals surface area contributed by atoms with Gasteiger partial charge in [0.15, 0.2) is 0 Å². The Bertz CT molecular complexity index is 220. The van der Waals surface area contributed by atoms with Crippen LogP contribution in [0.25, 0.3) is 0 Å². The van der Waals surface area contributed by atoms with Crippen molar-refractivity contribution in [3.8, 4) is 0 Å². The maximum Gasteiger partial charge on any atom is 0.431 e. The number of hydrogen-bond acceptors (Lipinski definition) is 2. The van der Waals surface area contributed by atoms with Crippen molar-refractivity contribution in [3.05, 3.63) is 0 Å². The van der Waals surface area contributed by atoms with E-state index in [4.69, 9.17) is 0 Å². The molecule has 2 nitrogen and oxygen atoms in total. The summed E-state index contributed by atoms with van der Waals surface area (Å²) in [5.74, 6) is 0.189. The van der Waals surface area contributed by atoms with Crippen LogP contribution < -0.4 is 0 Å². The van der Waals surface area contributed by atoms with Crippen LogP contribution in [0.2, 0.25) is 0 Å². The van der Waals surface area contributed by atoms with Crippen molar-refractivity contribution in [1.29, 1.82) is 0 Å². The van der Waals surface area contributed by atoms with E-state index in [2.05, 4.69) is 5.10 Å². The first-order chi connectivity index (χ1) is 5.82. The zero-order valence-electron chi connectivity index (χ0n) is 7.89. The third-order valence-corrected chi connectivity index (χ3v) is 2.26. The molecule has 0 aromatic heterocycles. The SMILES string of the molecule is CC(C)C1CC(C(F)(F)F)=NN1C. The maximum absolute atomic E-state index is 12.2. The molecule has 0 aromatic rings. The normalized spacial score (nSPS) is 24.1. The highest BCUT2D eigenvalue weighted by molar-refractivity contribution is 5.91. The molecule has 1 unspecified atom stereocenters. The second-order valence-corrected chi connectivity index (χ2v) is 3.63. The van der Waals surface area contributed by atoms with Crippen molar-refractivity contribution < 1.29 is 13.2 Å². The van der Waals surface area contributed by atoms with Crippen molar-refractivity contribution in [2.24, 2.45) is 11.0 Å². The summed E-state index contributed by atoms with van der Waals surface area (Å²) >= 11 is 0. The van der Waals surface area contributed by atoms with Gasteiger partial charge in [-0.15, -0.1) is 0 Å². The van der Waals surface area contributed by atoms with Crippen molar-refractivity contribution in [1.82, 2.24) is 5.01 Å². The molecule has 5 heteroatoms. The second kappa shape index (κ2) is 3.20. The van der Waals surface area contributed by atoms with Gasteiger partial charge in [0, 0.05) is 13.5 Å². The second-order valence-electron chi connectivity index (χ2n) is 3.63. The molecule has 0 saturated carbocycles. The Balaban J connectivity index is 2.71. The molecule has 0 saturated heterocycles. The largest absolute Gasteiger partial charge is 0.431 e. The lowest BCUT2D eigenvalue weighted by molar-refractivity contribution is -0.0601. The molecule has 0 aliphatic carbocycles. The average molecular weight is 194 g/mol. The number of nitrogens with zero attached hydrogens (tertiary/aromatic N) is 2. The van der Waals surface area contributed by atoms with E-state index in [1.165, 1.54) is 5.01 Å². The van der Waals surface area contributed by atoms with Gasteiger partial charge in [-0.05, 0) is 5.92 Å². The number of rotatable bonds is 1. The molecule has 0 aromatic carbocycles. The third kappa shape index (κ3) is 2.14. The van der Waals surface area contributed by atoms with Gasteiger partial charge < -0.3 is 0 Å². The fraction of sp³-hybridized carbons (Fsp3) is 0.875.